The van der Waals surface area contributed by atoms with Crippen LogP contribution < -0.4 is 21.1 Å². The third-order valence-electron chi connectivity index (χ3n) is 4.37. The van der Waals surface area contributed by atoms with Crippen LogP contribution in [0.3, 0.4) is 0 Å². The van der Waals surface area contributed by atoms with Gasteiger partial charge in [0.2, 0.25) is 11.6 Å². The Morgan fingerprint density at radius 1 is 0.964 bits per heavy atom. The lowest BCUT2D eigenvalue weighted by molar-refractivity contribution is -0.120. The van der Waals surface area contributed by atoms with Crippen molar-refractivity contribution in [2.45, 2.75) is 0 Å². The fraction of sp³-hybridized carbons (Fsp3) is 0.211. The molecule has 6 N–H and O–H groups in total. The van der Waals surface area contributed by atoms with E-state index in [2.05, 4.69) is 10.6 Å². The van der Waals surface area contributed by atoms with Crippen molar-refractivity contribution >= 4 is 29.4 Å². The molecule has 9 heteroatoms. The number of nitrogens with one attached hydrogen (secondary N) is 2. The van der Waals surface area contributed by atoms with Gasteiger partial charge in [-0.15, -0.1) is 0 Å². The van der Waals surface area contributed by atoms with Gasteiger partial charge in [-0.25, -0.2) is 0 Å². The lowest BCUT2D eigenvalue weighted by Gasteiger charge is -2.24. The van der Waals surface area contributed by atoms with E-state index in [1.807, 2.05) is 0 Å². The molecule has 0 fully saturated rings. The quantitative estimate of drug-likeness (QED) is 0.209. The van der Waals surface area contributed by atoms with Gasteiger partial charge in [0.05, 0.1) is 28.9 Å². The molecule has 1 aliphatic carbocycles. The van der Waals surface area contributed by atoms with Crippen molar-refractivity contribution < 1.29 is 29.3 Å². The standard InChI is InChI=1S/C19H19N3O6/c20-10-1-2-11(22-6-5-21-7-8-23)15-14(10)18(26)16-12(25)3-4-13(28-9-24)17(16)19(15)27/h1-4,9,21-23,25H,5-8,20H2. The van der Waals surface area contributed by atoms with E-state index in [0.29, 0.717) is 25.3 Å². The number of hydrogen-bond donors (Lipinski definition) is 5. The van der Waals surface area contributed by atoms with E-state index in [0.717, 1.165) is 0 Å². The zero-order valence-corrected chi connectivity index (χ0v) is 14.8. The van der Waals surface area contributed by atoms with Crippen molar-refractivity contribution in [2.75, 3.05) is 37.3 Å². The second kappa shape index (κ2) is 8.07. The van der Waals surface area contributed by atoms with E-state index in [1.54, 1.807) is 6.07 Å². The Hall–Kier alpha value is -3.43. The topological polar surface area (TPSA) is 151 Å². The number of anilines is 2. The Kier molecular flexibility index (Phi) is 5.57. The lowest BCUT2D eigenvalue weighted by Crippen LogP contribution is -2.27. The summed E-state index contributed by atoms with van der Waals surface area (Å²) in [6.07, 6.45) is 0. The number of carbonyl (C=O) groups excluding carboxylic acids is 3. The number of phenols is 1. The Balaban J connectivity index is 2.07. The second-order valence-electron chi connectivity index (χ2n) is 6.06. The molecule has 3 rings (SSSR count). The summed E-state index contributed by atoms with van der Waals surface area (Å²) >= 11 is 0. The van der Waals surface area contributed by atoms with Gasteiger partial charge in [-0.3, -0.25) is 14.4 Å². The zero-order chi connectivity index (χ0) is 20.3. The van der Waals surface area contributed by atoms with Crippen LogP contribution in [0.4, 0.5) is 11.4 Å². The zero-order valence-electron chi connectivity index (χ0n) is 14.8. The van der Waals surface area contributed by atoms with E-state index in [-0.39, 0.29) is 46.8 Å². The Labute approximate surface area is 160 Å². The number of hydrogen-bond acceptors (Lipinski definition) is 9. The van der Waals surface area contributed by atoms with E-state index in [4.69, 9.17) is 15.6 Å². The Morgan fingerprint density at radius 3 is 2.43 bits per heavy atom. The number of carbonyl (C=O) groups is 3. The van der Waals surface area contributed by atoms with E-state index >= 15 is 0 Å². The Morgan fingerprint density at radius 2 is 1.71 bits per heavy atom. The summed E-state index contributed by atoms with van der Waals surface area (Å²) in [6, 6.07) is 5.51. The molecule has 0 aromatic heterocycles. The number of ketones is 2. The van der Waals surface area contributed by atoms with Crippen LogP contribution in [0.2, 0.25) is 0 Å². The van der Waals surface area contributed by atoms with Crippen molar-refractivity contribution in [1.82, 2.24) is 5.32 Å². The maximum atomic E-state index is 13.2. The van der Waals surface area contributed by atoms with Crippen LogP contribution in [0.1, 0.15) is 31.8 Å². The van der Waals surface area contributed by atoms with Gasteiger partial charge in [0.25, 0.3) is 6.47 Å². The highest BCUT2D eigenvalue weighted by Gasteiger charge is 2.37. The van der Waals surface area contributed by atoms with E-state index < -0.39 is 17.3 Å². The van der Waals surface area contributed by atoms with Gasteiger partial charge in [-0.05, 0) is 24.3 Å². The van der Waals surface area contributed by atoms with Crippen LogP contribution in [-0.4, -0.2) is 54.5 Å². The number of ether oxygens (including phenoxy) is 1. The molecular formula is C19H19N3O6. The van der Waals surface area contributed by atoms with Crippen molar-refractivity contribution in [1.29, 1.82) is 0 Å². The van der Waals surface area contributed by atoms with Gasteiger partial charge < -0.3 is 31.3 Å². The van der Waals surface area contributed by atoms with Crippen LogP contribution >= 0.6 is 0 Å². The Bertz CT molecular complexity index is 957. The highest BCUT2D eigenvalue weighted by molar-refractivity contribution is 6.33. The molecule has 1 aliphatic rings. The summed E-state index contributed by atoms with van der Waals surface area (Å²) in [5.74, 6) is -1.73. The molecule has 9 nitrogen and oxygen atoms in total. The van der Waals surface area contributed by atoms with Gasteiger partial charge in [0.15, 0.2) is 0 Å². The van der Waals surface area contributed by atoms with Crippen LogP contribution in [0.5, 0.6) is 11.5 Å². The van der Waals surface area contributed by atoms with E-state index in [1.165, 1.54) is 18.2 Å². The van der Waals surface area contributed by atoms with Crippen LogP contribution in [-0.2, 0) is 4.79 Å². The van der Waals surface area contributed by atoms with Gasteiger partial charge in [-0.1, -0.05) is 0 Å². The summed E-state index contributed by atoms with van der Waals surface area (Å²) in [7, 11) is 0. The highest BCUT2D eigenvalue weighted by Crippen LogP contribution is 2.41. The van der Waals surface area contributed by atoms with Crippen molar-refractivity contribution in [3.8, 4) is 11.5 Å². The minimum atomic E-state index is -0.627. The molecule has 0 saturated heterocycles. The number of aliphatic hydroxyl groups is 1. The maximum Gasteiger partial charge on any atom is 0.298 e. The first-order valence-corrected chi connectivity index (χ1v) is 8.54. The summed E-state index contributed by atoms with van der Waals surface area (Å²) in [5, 5.41) is 25.0. The molecule has 0 spiro atoms. The minimum Gasteiger partial charge on any atom is -0.507 e. The molecule has 0 radical (unpaired) electrons. The van der Waals surface area contributed by atoms with Gasteiger partial charge in [0.1, 0.15) is 11.5 Å². The van der Waals surface area contributed by atoms with Crippen molar-refractivity contribution in [3.63, 3.8) is 0 Å². The first kappa shape index (κ1) is 19.3. The first-order valence-electron chi connectivity index (χ1n) is 8.54. The molecule has 0 amide bonds. The van der Waals surface area contributed by atoms with Gasteiger partial charge in [-0.2, -0.15) is 0 Å². The number of nitrogen functional groups attached to an aromatic ring is 1. The predicted octanol–water partition coefficient (Wildman–Crippen LogP) is 0.279. The van der Waals surface area contributed by atoms with Crippen LogP contribution in [0.25, 0.3) is 0 Å². The molecule has 146 valence electrons. The molecule has 28 heavy (non-hydrogen) atoms. The van der Waals surface area contributed by atoms with Crippen LogP contribution in [0, 0.1) is 0 Å². The predicted molar refractivity (Wildman–Crippen MR) is 101 cm³/mol. The van der Waals surface area contributed by atoms with Crippen molar-refractivity contribution in [3.05, 3.63) is 46.5 Å². The molecule has 0 saturated carbocycles. The normalized spacial score (nSPS) is 12.3. The SMILES string of the molecule is Nc1ccc(NCCNCCO)c2c1C(=O)c1c(O)ccc(OC=O)c1C2=O. The molecule has 2 aromatic rings. The van der Waals surface area contributed by atoms with Gasteiger partial charge >= 0.3 is 0 Å². The number of fused-ring (bicyclic) bond motifs is 2. The fourth-order valence-corrected chi connectivity index (χ4v) is 3.16. The number of phenolic OH excluding ortho intramolecular Hbond substituents is 1. The maximum absolute atomic E-state index is 13.2. The van der Waals surface area contributed by atoms with E-state index in [9.17, 15) is 19.5 Å². The summed E-state index contributed by atoms with van der Waals surface area (Å²) in [5.41, 5.74) is 6.06. The molecule has 0 heterocycles. The molecule has 2 aromatic carbocycles. The number of aromatic hydroxyl groups is 1. The fourth-order valence-electron chi connectivity index (χ4n) is 3.16. The third-order valence-corrected chi connectivity index (χ3v) is 4.37. The average Bonchev–Trinajstić information content (AvgIpc) is 2.68. The third kappa shape index (κ3) is 3.28. The largest absolute Gasteiger partial charge is 0.507 e. The molecule has 0 unspecified atom stereocenters. The summed E-state index contributed by atoms with van der Waals surface area (Å²) in [4.78, 5) is 37.0. The number of benzene rings is 2. The molecule has 0 atom stereocenters. The van der Waals surface area contributed by atoms with Crippen molar-refractivity contribution in [2.24, 2.45) is 0 Å². The van der Waals surface area contributed by atoms with Crippen LogP contribution in [0.15, 0.2) is 24.3 Å². The first-order chi connectivity index (χ1) is 13.5. The molecular weight excluding hydrogens is 366 g/mol. The average molecular weight is 385 g/mol. The number of nitrogens with two attached hydrogens (primary N) is 1. The second-order valence-corrected chi connectivity index (χ2v) is 6.06. The molecule has 0 aliphatic heterocycles. The summed E-state index contributed by atoms with van der Waals surface area (Å²) in [6.45, 7) is 1.51. The van der Waals surface area contributed by atoms with Gasteiger partial charge in [0, 0.05) is 31.0 Å². The highest BCUT2D eigenvalue weighted by atomic mass is 16.5. The summed E-state index contributed by atoms with van der Waals surface area (Å²) < 4.78 is 4.84. The number of rotatable bonds is 8. The smallest absolute Gasteiger partial charge is 0.298 e. The number of aliphatic hydroxyl groups excluding tert-OH is 1. The monoisotopic (exact) mass is 385 g/mol. The molecule has 0 bridgehead atoms. The minimum absolute atomic E-state index is 0.00401. The lowest BCUT2D eigenvalue weighted by atomic mass is 9.81.